The van der Waals surface area contributed by atoms with E-state index in [9.17, 15) is 0 Å². The summed E-state index contributed by atoms with van der Waals surface area (Å²) >= 11 is 0. The molecule has 0 saturated heterocycles. The average Bonchev–Trinajstić information content (AvgIpc) is 3.10. The first-order valence-corrected chi connectivity index (χ1v) is 8.04. The van der Waals surface area contributed by atoms with Gasteiger partial charge in [0.2, 0.25) is 0 Å². The van der Waals surface area contributed by atoms with Gasteiger partial charge in [0.25, 0.3) is 0 Å². The number of hydrogen-bond donors (Lipinski definition) is 0. The Labute approximate surface area is 138 Å². The quantitative estimate of drug-likeness (QED) is 0.686. The van der Waals surface area contributed by atoms with E-state index in [2.05, 4.69) is 84.0 Å². The molecular weight excluding hydrogens is 282 g/mol. The minimum atomic E-state index is 0.350. The normalized spacial score (nSPS) is 12.1. The maximum atomic E-state index is 4.16. The maximum absolute atomic E-state index is 4.16. The van der Waals surface area contributed by atoms with Gasteiger partial charge in [-0.2, -0.15) is 0 Å². The Morgan fingerprint density at radius 2 is 1.57 bits per heavy atom. The first kappa shape index (κ1) is 15.3. The number of nitrogens with zero attached hydrogens (tertiary/aromatic N) is 3. The molecule has 0 radical (unpaired) electrons. The van der Waals surface area contributed by atoms with Gasteiger partial charge in [-0.3, -0.25) is 0 Å². The molecule has 0 fully saturated rings. The van der Waals surface area contributed by atoms with Gasteiger partial charge in [0, 0.05) is 32.2 Å². The van der Waals surface area contributed by atoms with E-state index in [0.29, 0.717) is 6.04 Å². The Balaban J connectivity index is 1.84. The Kier molecular flexibility index (Phi) is 4.47. The molecule has 1 unspecified atom stereocenters. The average molecular weight is 305 g/mol. The smallest absolute Gasteiger partial charge is 0.0951 e. The number of hydrogen-bond acceptors (Lipinski definition) is 2. The molecule has 0 aliphatic carbocycles. The molecule has 0 spiro atoms. The molecule has 0 N–H and O–H groups in total. The highest BCUT2D eigenvalue weighted by Crippen LogP contribution is 2.26. The second kappa shape index (κ2) is 6.69. The third-order valence-electron chi connectivity index (χ3n) is 4.28. The minimum absolute atomic E-state index is 0.350. The van der Waals surface area contributed by atoms with Gasteiger partial charge in [-0.05, 0) is 35.2 Å². The standard InChI is InChI=1S/C20H23N3/c1-4-20(23-14-13-21-15-23)18-7-5-16(6-8-18)17-9-11-19(12-10-17)22(2)3/h5-15,20H,4H2,1-3H3. The first-order chi connectivity index (χ1) is 11.2. The summed E-state index contributed by atoms with van der Waals surface area (Å²) in [6, 6.07) is 17.9. The number of rotatable bonds is 5. The van der Waals surface area contributed by atoms with Crippen molar-refractivity contribution >= 4 is 5.69 Å². The van der Waals surface area contributed by atoms with Crippen LogP contribution in [0.3, 0.4) is 0 Å². The molecule has 1 heterocycles. The topological polar surface area (TPSA) is 21.1 Å². The van der Waals surface area contributed by atoms with Crippen molar-refractivity contribution in [3.8, 4) is 11.1 Å². The Hall–Kier alpha value is -2.55. The van der Waals surface area contributed by atoms with Crippen LogP contribution in [-0.4, -0.2) is 23.6 Å². The summed E-state index contributed by atoms with van der Waals surface area (Å²) in [5.74, 6) is 0. The molecule has 0 aliphatic heterocycles. The number of anilines is 1. The van der Waals surface area contributed by atoms with Crippen LogP contribution >= 0.6 is 0 Å². The fourth-order valence-electron chi connectivity index (χ4n) is 2.92. The van der Waals surface area contributed by atoms with E-state index in [0.717, 1.165) is 6.42 Å². The lowest BCUT2D eigenvalue weighted by molar-refractivity contribution is 0.566. The predicted octanol–water partition coefficient (Wildman–Crippen LogP) is 4.62. The summed E-state index contributed by atoms with van der Waals surface area (Å²) in [7, 11) is 4.12. The number of benzene rings is 2. The van der Waals surface area contributed by atoms with Gasteiger partial charge in [-0.1, -0.05) is 43.3 Å². The Bertz CT molecular complexity index is 726. The van der Waals surface area contributed by atoms with Gasteiger partial charge in [-0.15, -0.1) is 0 Å². The lowest BCUT2D eigenvalue weighted by atomic mass is 9.99. The fraction of sp³-hybridized carbons (Fsp3) is 0.250. The van der Waals surface area contributed by atoms with Crippen molar-refractivity contribution in [1.82, 2.24) is 9.55 Å². The van der Waals surface area contributed by atoms with Gasteiger partial charge in [0.15, 0.2) is 0 Å². The zero-order valence-electron chi connectivity index (χ0n) is 14.0. The molecule has 3 nitrogen and oxygen atoms in total. The summed E-state index contributed by atoms with van der Waals surface area (Å²) < 4.78 is 2.17. The molecule has 1 atom stereocenters. The van der Waals surface area contributed by atoms with E-state index in [4.69, 9.17) is 0 Å². The molecule has 0 bridgehead atoms. The molecule has 0 aliphatic rings. The second-order valence-electron chi connectivity index (χ2n) is 6.00. The highest BCUT2D eigenvalue weighted by Gasteiger charge is 2.10. The zero-order valence-corrected chi connectivity index (χ0v) is 14.0. The van der Waals surface area contributed by atoms with Crippen LogP contribution in [0.5, 0.6) is 0 Å². The van der Waals surface area contributed by atoms with Crippen LogP contribution in [0.4, 0.5) is 5.69 Å². The van der Waals surface area contributed by atoms with Crippen LogP contribution in [0, 0.1) is 0 Å². The van der Waals surface area contributed by atoms with Crippen molar-refractivity contribution in [2.24, 2.45) is 0 Å². The maximum Gasteiger partial charge on any atom is 0.0951 e. The molecule has 2 aromatic carbocycles. The van der Waals surface area contributed by atoms with Crippen molar-refractivity contribution in [2.75, 3.05) is 19.0 Å². The van der Waals surface area contributed by atoms with E-state index in [1.54, 1.807) is 0 Å². The SMILES string of the molecule is CCC(c1ccc(-c2ccc(N(C)C)cc2)cc1)n1ccnc1. The molecule has 1 aromatic heterocycles. The van der Waals surface area contributed by atoms with Crippen molar-refractivity contribution in [1.29, 1.82) is 0 Å². The van der Waals surface area contributed by atoms with Gasteiger partial charge in [0.1, 0.15) is 0 Å². The third kappa shape index (κ3) is 3.29. The van der Waals surface area contributed by atoms with Crippen LogP contribution < -0.4 is 4.90 Å². The largest absolute Gasteiger partial charge is 0.378 e. The Morgan fingerprint density at radius 3 is 2.04 bits per heavy atom. The molecule has 23 heavy (non-hydrogen) atoms. The first-order valence-electron chi connectivity index (χ1n) is 8.04. The molecule has 3 rings (SSSR count). The van der Waals surface area contributed by atoms with Gasteiger partial charge < -0.3 is 9.47 Å². The number of aromatic nitrogens is 2. The molecule has 3 aromatic rings. The molecular formula is C20H23N3. The van der Waals surface area contributed by atoms with Crippen molar-refractivity contribution in [2.45, 2.75) is 19.4 Å². The molecule has 0 amide bonds. The molecule has 0 saturated carbocycles. The van der Waals surface area contributed by atoms with Crippen LogP contribution in [0.25, 0.3) is 11.1 Å². The van der Waals surface area contributed by atoms with Gasteiger partial charge in [-0.25, -0.2) is 4.98 Å². The predicted molar refractivity (Wildman–Crippen MR) is 96.9 cm³/mol. The van der Waals surface area contributed by atoms with Crippen molar-refractivity contribution in [3.05, 3.63) is 72.8 Å². The van der Waals surface area contributed by atoms with Crippen molar-refractivity contribution < 1.29 is 0 Å². The number of imidazole rings is 1. The van der Waals surface area contributed by atoms with E-state index < -0.39 is 0 Å². The molecule has 3 heteroatoms. The van der Waals surface area contributed by atoms with E-state index >= 15 is 0 Å². The highest BCUT2D eigenvalue weighted by atomic mass is 15.1. The fourth-order valence-corrected chi connectivity index (χ4v) is 2.92. The van der Waals surface area contributed by atoms with Crippen LogP contribution in [0.1, 0.15) is 24.9 Å². The summed E-state index contributed by atoms with van der Waals surface area (Å²) in [4.78, 5) is 6.28. The van der Waals surface area contributed by atoms with E-state index in [-0.39, 0.29) is 0 Å². The highest BCUT2D eigenvalue weighted by molar-refractivity contribution is 5.66. The summed E-state index contributed by atoms with van der Waals surface area (Å²) in [5.41, 5.74) is 5.04. The van der Waals surface area contributed by atoms with E-state index in [1.807, 2.05) is 18.7 Å². The lowest BCUT2D eigenvalue weighted by Crippen LogP contribution is -2.08. The summed E-state index contributed by atoms with van der Waals surface area (Å²) in [6.07, 6.45) is 6.81. The van der Waals surface area contributed by atoms with Crippen LogP contribution in [-0.2, 0) is 0 Å². The van der Waals surface area contributed by atoms with Crippen LogP contribution in [0.2, 0.25) is 0 Å². The van der Waals surface area contributed by atoms with Gasteiger partial charge in [0.05, 0.1) is 12.4 Å². The zero-order chi connectivity index (χ0) is 16.2. The Morgan fingerprint density at radius 1 is 0.957 bits per heavy atom. The lowest BCUT2D eigenvalue weighted by Gasteiger charge is -2.17. The minimum Gasteiger partial charge on any atom is -0.378 e. The van der Waals surface area contributed by atoms with Crippen LogP contribution in [0.15, 0.2) is 67.3 Å². The third-order valence-corrected chi connectivity index (χ3v) is 4.28. The second-order valence-corrected chi connectivity index (χ2v) is 6.00. The summed E-state index contributed by atoms with van der Waals surface area (Å²) in [6.45, 7) is 2.21. The summed E-state index contributed by atoms with van der Waals surface area (Å²) in [5, 5.41) is 0. The van der Waals surface area contributed by atoms with E-state index in [1.165, 1.54) is 22.4 Å². The molecule has 118 valence electrons. The van der Waals surface area contributed by atoms with Crippen molar-refractivity contribution in [3.63, 3.8) is 0 Å². The van der Waals surface area contributed by atoms with Gasteiger partial charge >= 0.3 is 0 Å². The monoisotopic (exact) mass is 305 g/mol.